The zero-order chi connectivity index (χ0) is 22.6. The summed E-state index contributed by atoms with van der Waals surface area (Å²) in [5.41, 5.74) is 3.46. The summed E-state index contributed by atoms with van der Waals surface area (Å²) in [5, 5.41) is 0. The summed E-state index contributed by atoms with van der Waals surface area (Å²) in [6.45, 7) is 4.42. The van der Waals surface area contributed by atoms with Gasteiger partial charge in [0, 0.05) is 44.1 Å². The van der Waals surface area contributed by atoms with E-state index in [2.05, 4.69) is 24.8 Å². The van der Waals surface area contributed by atoms with Crippen molar-refractivity contribution >= 4 is 22.9 Å². The third-order valence-corrected chi connectivity index (χ3v) is 5.69. The lowest BCUT2D eigenvalue weighted by atomic mass is 10.1. The number of nitrogens with zero attached hydrogens (tertiary/aromatic N) is 6. The molecule has 1 aliphatic rings. The van der Waals surface area contributed by atoms with Gasteiger partial charge in [-0.25, -0.2) is 15.0 Å². The molecule has 1 aliphatic heterocycles. The molecule has 3 heterocycles. The summed E-state index contributed by atoms with van der Waals surface area (Å²) in [6, 6.07) is 17.2. The Balaban J connectivity index is 1.19. The van der Waals surface area contributed by atoms with Crippen molar-refractivity contribution in [1.29, 1.82) is 0 Å². The maximum Gasteiger partial charge on any atom is 0.263 e. The zero-order valence-electron chi connectivity index (χ0n) is 18.3. The second kappa shape index (κ2) is 9.20. The van der Waals surface area contributed by atoms with Gasteiger partial charge >= 0.3 is 0 Å². The predicted molar refractivity (Wildman–Crippen MR) is 126 cm³/mol. The molecule has 0 unspecified atom stereocenters. The van der Waals surface area contributed by atoms with Crippen LogP contribution in [0.4, 0.5) is 5.95 Å². The van der Waals surface area contributed by atoms with Gasteiger partial charge in [0.15, 0.2) is 6.10 Å². The van der Waals surface area contributed by atoms with Gasteiger partial charge in [-0.3, -0.25) is 9.78 Å². The standard InChI is InChI=1S/C25H24N6O2/c1-18(24(32)30-13-15-31(16-14-30)25-26-11-4-12-27-25)33-20-9-7-19(8-10-20)23-17-28-21-5-2-3-6-22(21)29-23/h2-12,17-18H,13-16H2,1H3/t18-/m1/s1. The number of rotatable bonds is 5. The van der Waals surface area contributed by atoms with Gasteiger partial charge in [0.25, 0.3) is 5.91 Å². The Kier molecular flexibility index (Phi) is 5.80. The van der Waals surface area contributed by atoms with Crippen LogP contribution in [0.3, 0.4) is 0 Å². The Bertz CT molecular complexity index is 1240. The lowest BCUT2D eigenvalue weighted by Gasteiger charge is -2.35. The molecule has 1 saturated heterocycles. The van der Waals surface area contributed by atoms with Crippen LogP contribution in [-0.4, -0.2) is 63.0 Å². The van der Waals surface area contributed by atoms with E-state index in [9.17, 15) is 4.79 Å². The van der Waals surface area contributed by atoms with Gasteiger partial charge < -0.3 is 14.5 Å². The highest BCUT2D eigenvalue weighted by molar-refractivity contribution is 5.81. The Morgan fingerprint density at radius 1 is 0.879 bits per heavy atom. The first-order valence-corrected chi connectivity index (χ1v) is 11.0. The molecule has 0 N–H and O–H groups in total. The number of ether oxygens (including phenoxy) is 1. The molecular weight excluding hydrogens is 416 g/mol. The summed E-state index contributed by atoms with van der Waals surface area (Å²) in [4.78, 5) is 34.5. The number of anilines is 1. The number of fused-ring (bicyclic) bond motifs is 1. The van der Waals surface area contributed by atoms with Gasteiger partial charge in [-0.15, -0.1) is 0 Å². The number of benzene rings is 2. The topological polar surface area (TPSA) is 84.3 Å². The van der Waals surface area contributed by atoms with Crippen LogP contribution in [0.25, 0.3) is 22.3 Å². The molecule has 166 valence electrons. The monoisotopic (exact) mass is 440 g/mol. The molecule has 33 heavy (non-hydrogen) atoms. The minimum atomic E-state index is -0.573. The highest BCUT2D eigenvalue weighted by atomic mass is 16.5. The Morgan fingerprint density at radius 3 is 2.30 bits per heavy atom. The molecule has 0 spiro atoms. The summed E-state index contributed by atoms with van der Waals surface area (Å²) >= 11 is 0. The van der Waals surface area contributed by atoms with E-state index in [1.54, 1.807) is 31.6 Å². The van der Waals surface area contributed by atoms with Crippen LogP contribution in [0.1, 0.15) is 6.92 Å². The second-order valence-corrected chi connectivity index (χ2v) is 7.89. The SMILES string of the molecule is C[C@@H](Oc1ccc(-c2cnc3ccccc3n2)cc1)C(=O)N1CCN(c2ncccn2)CC1. The first-order valence-electron chi connectivity index (χ1n) is 11.0. The number of amides is 1. The Labute approximate surface area is 191 Å². The largest absolute Gasteiger partial charge is 0.481 e. The number of hydrogen-bond acceptors (Lipinski definition) is 7. The molecule has 0 bridgehead atoms. The van der Waals surface area contributed by atoms with Crippen LogP contribution >= 0.6 is 0 Å². The average Bonchev–Trinajstić information content (AvgIpc) is 2.89. The highest BCUT2D eigenvalue weighted by Gasteiger charge is 2.26. The Morgan fingerprint density at radius 2 is 1.58 bits per heavy atom. The Hall–Kier alpha value is -4.07. The molecular formula is C25H24N6O2. The van der Waals surface area contributed by atoms with E-state index in [1.165, 1.54) is 0 Å². The van der Waals surface area contributed by atoms with Crippen molar-refractivity contribution in [2.24, 2.45) is 0 Å². The number of aromatic nitrogens is 4. The van der Waals surface area contributed by atoms with Crippen LogP contribution in [0.15, 0.2) is 73.2 Å². The van der Waals surface area contributed by atoms with Crippen molar-refractivity contribution in [3.05, 3.63) is 73.2 Å². The number of carbonyl (C=O) groups is 1. The predicted octanol–water partition coefficient (Wildman–Crippen LogP) is 3.20. The van der Waals surface area contributed by atoms with Crippen molar-refractivity contribution in [3.63, 3.8) is 0 Å². The van der Waals surface area contributed by atoms with Crippen LogP contribution < -0.4 is 9.64 Å². The number of para-hydroxylation sites is 2. The van der Waals surface area contributed by atoms with E-state index in [1.807, 2.05) is 53.4 Å². The molecule has 2 aromatic heterocycles. The molecule has 4 aromatic rings. The van der Waals surface area contributed by atoms with Gasteiger partial charge in [-0.1, -0.05) is 12.1 Å². The quantitative estimate of drug-likeness (QED) is 0.471. The molecule has 1 atom stereocenters. The highest BCUT2D eigenvalue weighted by Crippen LogP contribution is 2.23. The summed E-state index contributed by atoms with van der Waals surface area (Å²) < 4.78 is 5.94. The van der Waals surface area contributed by atoms with Crippen molar-refractivity contribution < 1.29 is 9.53 Å². The average molecular weight is 441 g/mol. The van der Waals surface area contributed by atoms with E-state index >= 15 is 0 Å². The molecule has 0 aliphatic carbocycles. The van der Waals surface area contributed by atoms with Crippen molar-refractivity contribution in [2.75, 3.05) is 31.1 Å². The maximum absolute atomic E-state index is 12.9. The first-order chi connectivity index (χ1) is 16.2. The first kappa shape index (κ1) is 20.8. The molecule has 8 nitrogen and oxygen atoms in total. The number of carbonyl (C=O) groups excluding carboxylic acids is 1. The molecule has 2 aromatic carbocycles. The smallest absolute Gasteiger partial charge is 0.263 e. The third kappa shape index (κ3) is 4.59. The van der Waals surface area contributed by atoms with Gasteiger partial charge in [-0.05, 0) is 49.4 Å². The normalized spacial score (nSPS) is 14.8. The fourth-order valence-corrected chi connectivity index (χ4v) is 3.89. The molecule has 0 radical (unpaired) electrons. The number of piperazine rings is 1. The minimum absolute atomic E-state index is 0.0203. The summed E-state index contributed by atoms with van der Waals surface area (Å²) in [6.07, 6.45) is 4.65. The summed E-state index contributed by atoms with van der Waals surface area (Å²) in [5.74, 6) is 1.32. The van der Waals surface area contributed by atoms with Crippen LogP contribution in [0.5, 0.6) is 5.75 Å². The van der Waals surface area contributed by atoms with E-state index in [0.717, 1.165) is 22.3 Å². The van der Waals surface area contributed by atoms with Crippen molar-refractivity contribution in [1.82, 2.24) is 24.8 Å². The third-order valence-electron chi connectivity index (χ3n) is 5.69. The van der Waals surface area contributed by atoms with Crippen LogP contribution in [0, 0.1) is 0 Å². The summed E-state index contributed by atoms with van der Waals surface area (Å²) in [7, 11) is 0. The maximum atomic E-state index is 12.9. The van der Waals surface area contributed by atoms with Crippen molar-refractivity contribution in [2.45, 2.75) is 13.0 Å². The van der Waals surface area contributed by atoms with Crippen LogP contribution in [-0.2, 0) is 4.79 Å². The van der Waals surface area contributed by atoms with E-state index in [-0.39, 0.29) is 5.91 Å². The molecule has 5 rings (SSSR count). The second-order valence-electron chi connectivity index (χ2n) is 7.89. The fourth-order valence-electron chi connectivity index (χ4n) is 3.89. The van der Waals surface area contributed by atoms with Gasteiger partial charge in [0.05, 0.1) is 22.9 Å². The lowest BCUT2D eigenvalue weighted by molar-refractivity contribution is -0.138. The van der Waals surface area contributed by atoms with Gasteiger partial charge in [0.1, 0.15) is 5.75 Å². The number of hydrogen-bond donors (Lipinski definition) is 0. The molecule has 1 fully saturated rings. The molecule has 1 amide bonds. The van der Waals surface area contributed by atoms with E-state index in [4.69, 9.17) is 4.74 Å². The minimum Gasteiger partial charge on any atom is -0.481 e. The van der Waals surface area contributed by atoms with Crippen molar-refractivity contribution in [3.8, 4) is 17.0 Å². The molecule has 0 saturated carbocycles. The fraction of sp³-hybridized carbons (Fsp3) is 0.240. The molecule has 8 heteroatoms. The lowest BCUT2D eigenvalue weighted by Crippen LogP contribution is -2.52. The van der Waals surface area contributed by atoms with Crippen LogP contribution in [0.2, 0.25) is 0 Å². The van der Waals surface area contributed by atoms with E-state index < -0.39 is 6.10 Å². The van der Waals surface area contributed by atoms with E-state index in [0.29, 0.717) is 37.9 Å². The van der Waals surface area contributed by atoms with Gasteiger partial charge in [-0.2, -0.15) is 0 Å². The van der Waals surface area contributed by atoms with Gasteiger partial charge in [0.2, 0.25) is 5.95 Å². The zero-order valence-corrected chi connectivity index (χ0v) is 18.3.